The topological polar surface area (TPSA) is 12.0 Å². The van der Waals surface area contributed by atoms with Crippen molar-refractivity contribution in [1.82, 2.24) is 5.32 Å². The number of rotatable bonds is 2. The standard InChI is InChI=1S/C10H12FNS/c1-3-7-4-5-9(11)8(6-7)10(13)12-2/h3-5,8H,1,6H2,2H3,(H,12,13). The maximum absolute atomic E-state index is 13.2. The number of nitrogens with one attached hydrogen (secondary N) is 1. The molecule has 1 rings (SSSR count). The Labute approximate surface area is 83.0 Å². The Bertz CT molecular complexity index is 291. The van der Waals surface area contributed by atoms with E-state index in [1.54, 1.807) is 19.2 Å². The second kappa shape index (κ2) is 4.33. The van der Waals surface area contributed by atoms with Crippen LogP contribution in [0.2, 0.25) is 0 Å². The van der Waals surface area contributed by atoms with Gasteiger partial charge in [0.15, 0.2) is 0 Å². The lowest BCUT2D eigenvalue weighted by Gasteiger charge is -2.19. The number of halogens is 1. The van der Waals surface area contributed by atoms with E-state index in [-0.39, 0.29) is 11.7 Å². The van der Waals surface area contributed by atoms with Crippen LogP contribution in [-0.2, 0) is 0 Å². The fourth-order valence-corrected chi connectivity index (χ4v) is 1.44. The average molecular weight is 197 g/mol. The van der Waals surface area contributed by atoms with Crippen LogP contribution in [0.1, 0.15) is 6.42 Å². The van der Waals surface area contributed by atoms with Crippen molar-refractivity contribution in [3.8, 4) is 0 Å². The van der Waals surface area contributed by atoms with Gasteiger partial charge in [0, 0.05) is 7.05 Å². The predicted octanol–water partition coefficient (Wildman–Crippen LogP) is 2.52. The minimum atomic E-state index is -0.307. The molecule has 70 valence electrons. The van der Waals surface area contributed by atoms with Gasteiger partial charge in [0.1, 0.15) is 5.83 Å². The number of hydrogen-bond donors (Lipinski definition) is 1. The van der Waals surface area contributed by atoms with Gasteiger partial charge in [-0.25, -0.2) is 4.39 Å². The summed E-state index contributed by atoms with van der Waals surface area (Å²) in [5.41, 5.74) is 1.02. The van der Waals surface area contributed by atoms with Crippen molar-refractivity contribution in [2.45, 2.75) is 6.42 Å². The quantitative estimate of drug-likeness (QED) is 0.683. The molecule has 0 amide bonds. The molecule has 0 aliphatic heterocycles. The molecule has 1 N–H and O–H groups in total. The third kappa shape index (κ3) is 2.25. The fourth-order valence-electron chi connectivity index (χ4n) is 1.25. The summed E-state index contributed by atoms with van der Waals surface area (Å²) in [6.45, 7) is 3.65. The summed E-state index contributed by atoms with van der Waals surface area (Å²) < 4.78 is 13.2. The molecule has 0 aromatic rings. The summed E-state index contributed by atoms with van der Waals surface area (Å²) >= 11 is 5.00. The Kier molecular flexibility index (Phi) is 3.37. The van der Waals surface area contributed by atoms with E-state index in [1.807, 2.05) is 0 Å². The molecule has 1 nitrogen and oxygen atoms in total. The molecule has 0 aromatic heterocycles. The third-order valence-corrected chi connectivity index (χ3v) is 2.54. The van der Waals surface area contributed by atoms with Crippen molar-refractivity contribution < 1.29 is 4.39 Å². The summed E-state index contributed by atoms with van der Waals surface area (Å²) in [5, 5.41) is 2.80. The van der Waals surface area contributed by atoms with E-state index in [2.05, 4.69) is 11.9 Å². The van der Waals surface area contributed by atoms with Crippen LogP contribution in [-0.4, -0.2) is 12.0 Å². The minimum absolute atomic E-state index is 0.176. The molecule has 0 heterocycles. The molecular formula is C10H12FNS. The van der Waals surface area contributed by atoms with E-state index < -0.39 is 0 Å². The van der Waals surface area contributed by atoms with Crippen LogP contribution in [0.5, 0.6) is 0 Å². The van der Waals surface area contributed by atoms with E-state index in [0.717, 1.165) is 5.57 Å². The molecule has 0 spiro atoms. The first-order valence-electron chi connectivity index (χ1n) is 4.09. The molecule has 1 unspecified atom stereocenters. The molecule has 0 aromatic carbocycles. The molecule has 1 aliphatic rings. The molecule has 1 aliphatic carbocycles. The summed E-state index contributed by atoms with van der Waals surface area (Å²) in [6.07, 6.45) is 5.52. The highest BCUT2D eigenvalue weighted by Crippen LogP contribution is 2.27. The Hall–Kier alpha value is -0.960. The second-order valence-corrected chi connectivity index (χ2v) is 3.31. The fraction of sp³-hybridized carbons (Fsp3) is 0.300. The summed E-state index contributed by atoms with van der Waals surface area (Å²) in [5.74, 6) is -0.483. The van der Waals surface area contributed by atoms with Gasteiger partial charge >= 0.3 is 0 Å². The summed E-state index contributed by atoms with van der Waals surface area (Å²) in [4.78, 5) is 0.543. The van der Waals surface area contributed by atoms with Crippen molar-refractivity contribution in [3.63, 3.8) is 0 Å². The minimum Gasteiger partial charge on any atom is -0.382 e. The van der Waals surface area contributed by atoms with Crippen LogP contribution in [0.25, 0.3) is 0 Å². The van der Waals surface area contributed by atoms with Crippen LogP contribution in [0.15, 0.2) is 36.2 Å². The smallest absolute Gasteiger partial charge is 0.110 e. The highest BCUT2D eigenvalue weighted by molar-refractivity contribution is 7.80. The van der Waals surface area contributed by atoms with Gasteiger partial charge in [-0.1, -0.05) is 30.9 Å². The monoisotopic (exact) mass is 197 g/mol. The molecule has 1 atom stereocenters. The van der Waals surface area contributed by atoms with Crippen LogP contribution in [0, 0.1) is 5.92 Å². The third-order valence-electron chi connectivity index (χ3n) is 2.05. The largest absolute Gasteiger partial charge is 0.382 e. The van der Waals surface area contributed by atoms with Gasteiger partial charge in [-0.05, 0) is 18.1 Å². The highest BCUT2D eigenvalue weighted by atomic mass is 32.1. The molecule has 13 heavy (non-hydrogen) atoms. The van der Waals surface area contributed by atoms with Crippen molar-refractivity contribution in [3.05, 3.63) is 36.2 Å². The molecule has 0 fully saturated rings. The number of allylic oxidation sites excluding steroid dienone is 4. The van der Waals surface area contributed by atoms with E-state index in [0.29, 0.717) is 11.4 Å². The highest BCUT2D eigenvalue weighted by Gasteiger charge is 2.21. The van der Waals surface area contributed by atoms with E-state index in [9.17, 15) is 4.39 Å². The van der Waals surface area contributed by atoms with Crippen molar-refractivity contribution in [1.29, 1.82) is 0 Å². The maximum atomic E-state index is 13.2. The van der Waals surface area contributed by atoms with Crippen LogP contribution >= 0.6 is 12.2 Å². The van der Waals surface area contributed by atoms with Gasteiger partial charge in [-0.15, -0.1) is 0 Å². The SMILES string of the molecule is C=CC1=CC=C(F)C(C(=S)NC)C1. The van der Waals surface area contributed by atoms with Crippen molar-refractivity contribution >= 4 is 17.2 Å². The Morgan fingerprint density at radius 2 is 2.46 bits per heavy atom. The van der Waals surface area contributed by atoms with Crippen molar-refractivity contribution in [2.75, 3.05) is 7.05 Å². The lowest BCUT2D eigenvalue weighted by molar-refractivity contribution is 0.533. The van der Waals surface area contributed by atoms with Crippen LogP contribution < -0.4 is 5.32 Å². The van der Waals surface area contributed by atoms with Gasteiger partial charge in [-0.2, -0.15) is 0 Å². The Morgan fingerprint density at radius 3 is 3.00 bits per heavy atom. The van der Waals surface area contributed by atoms with Crippen LogP contribution in [0.3, 0.4) is 0 Å². The first-order valence-corrected chi connectivity index (χ1v) is 4.50. The average Bonchev–Trinajstić information content (AvgIpc) is 2.17. The lowest BCUT2D eigenvalue weighted by atomic mass is 9.93. The maximum Gasteiger partial charge on any atom is 0.110 e. The predicted molar refractivity (Wildman–Crippen MR) is 57.2 cm³/mol. The normalized spacial score (nSPS) is 21.5. The van der Waals surface area contributed by atoms with E-state index in [1.165, 1.54) is 6.08 Å². The zero-order valence-electron chi connectivity index (χ0n) is 7.51. The van der Waals surface area contributed by atoms with Gasteiger partial charge in [0.25, 0.3) is 0 Å². The Morgan fingerprint density at radius 1 is 1.77 bits per heavy atom. The first kappa shape index (κ1) is 10.1. The zero-order valence-corrected chi connectivity index (χ0v) is 8.33. The molecular weight excluding hydrogens is 185 g/mol. The molecule has 0 bridgehead atoms. The van der Waals surface area contributed by atoms with Crippen LogP contribution in [0.4, 0.5) is 4.39 Å². The van der Waals surface area contributed by atoms with Gasteiger partial charge in [0.05, 0.1) is 10.9 Å². The summed E-state index contributed by atoms with van der Waals surface area (Å²) in [6, 6.07) is 0. The zero-order chi connectivity index (χ0) is 9.84. The number of hydrogen-bond acceptors (Lipinski definition) is 1. The molecule has 3 heteroatoms. The lowest BCUT2D eigenvalue weighted by Crippen LogP contribution is -2.27. The molecule has 0 saturated heterocycles. The molecule has 0 radical (unpaired) electrons. The van der Waals surface area contributed by atoms with E-state index >= 15 is 0 Å². The Balaban J connectivity index is 2.82. The molecule has 0 saturated carbocycles. The van der Waals surface area contributed by atoms with Gasteiger partial charge in [0.2, 0.25) is 0 Å². The second-order valence-electron chi connectivity index (χ2n) is 2.87. The summed E-state index contributed by atoms with van der Waals surface area (Å²) in [7, 11) is 1.71. The first-order chi connectivity index (χ1) is 6.19. The van der Waals surface area contributed by atoms with E-state index in [4.69, 9.17) is 12.2 Å². The van der Waals surface area contributed by atoms with Gasteiger partial charge < -0.3 is 5.32 Å². The number of thiocarbonyl (C=S) groups is 1. The van der Waals surface area contributed by atoms with Gasteiger partial charge in [-0.3, -0.25) is 0 Å². The van der Waals surface area contributed by atoms with Crippen molar-refractivity contribution in [2.24, 2.45) is 5.92 Å².